The molecule has 0 saturated carbocycles. The zero-order chi connectivity index (χ0) is 35.6. The summed E-state index contributed by atoms with van der Waals surface area (Å²) < 4.78 is 0. The lowest BCUT2D eigenvalue weighted by molar-refractivity contribution is 1.58. The SMILES string of the molecule is c1ccc(-c2ccccc2-c2c3c(c(-c4ccccc4-c4ccccc4)c4ccccc24)-c2ccc(-c4ccc5ccccc5c4)c4cccc-3c24)cc1. The van der Waals surface area contributed by atoms with Gasteiger partial charge in [0.1, 0.15) is 0 Å². The molecule has 0 fully saturated rings. The van der Waals surface area contributed by atoms with Crippen molar-refractivity contribution in [2.24, 2.45) is 0 Å². The molecule has 1 aliphatic carbocycles. The van der Waals surface area contributed by atoms with Crippen molar-refractivity contribution < 1.29 is 0 Å². The second-order valence-electron chi connectivity index (χ2n) is 14.3. The lowest BCUT2D eigenvalue weighted by Crippen LogP contribution is -1.96. The van der Waals surface area contributed by atoms with Crippen molar-refractivity contribution in [2.75, 3.05) is 0 Å². The fourth-order valence-corrected chi connectivity index (χ4v) is 9.11. The van der Waals surface area contributed by atoms with Gasteiger partial charge in [-0.2, -0.15) is 0 Å². The van der Waals surface area contributed by atoms with E-state index < -0.39 is 0 Å². The molecule has 0 N–H and O–H groups in total. The topological polar surface area (TPSA) is 0 Å². The molecule has 0 bridgehead atoms. The quantitative estimate of drug-likeness (QED) is 0.169. The van der Waals surface area contributed by atoms with Crippen LogP contribution in [0.15, 0.2) is 206 Å². The Hall–Kier alpha value is -7.02. The summed E-state index contributed by atoms with van der Waals surface area (Å²) in [6.45, 7) is 0. The minimum absolute atomic E-state index is 1.22. The molecular weight excluding hydrogens is 649 g/mol. The summed E-state index contributed by atoms with van der Waals surface area (Å²) in [4.78, 5) is 0. The molecule has 0 spiro atoms. The first kappa shape index (κ1) is 30.6. The minimum Gasteiger partial charge on any atom is -0.0622 e. The Kier molecular flexibility index (Phi) is 6.97. The van der Waals surface area contributed by atoms with Crippen LogP contribution in [-0.2, 0) is 0 Å². The summed E-state index contributed by atoms with van der Waals surface area (Å²) in [5, 5.41) is 7.65. The molecule has 1 aliphatic rings. The van der Waals surface area contributed by atoms with E-state index in [1.165, 1.54) is 110 Å². The van der Waals surface area contributed by atoms with Crippen molar-refractivity contribution in [1.82, 2.24) is 0 Å². The molecule has 0 heterocycles. The molecule has 250 valence electrons. The van der Waals surface area contributed by atoms with Gasteiger partial charge in [0.15, 0.2) is 0 Å². The molecule has 0 aromatic heterocycles. The summed E-state index contributed by atoms with van der Waals surface area (Å²) in [5.41, 5.74) is 17.7. The van der Waals surface area contributed by atoms with Crippen molar-refractivity contribution in [3.05, 3.63) is 206 Å². The van der Waals surface area contributed by atoms with Gasteiger partial charge in [-0.1, -0.05) is 200 Å². The van der Waals surface area contributed by atoms with E-state index in [9.17, 15) is 0 Å². The number of hydrogen-bond acceptors (Lipinski definition) is 0. The molecule has 0 nitrogen and oxygen atoms in total. The van der Waals surface area contributed by atoms with Gasteiger partial charge in [-0.05, 0) is 116 Å². The smallest absolute Gasteiger partial charge is 0.000718 e. The summed E-state index contributed by atoms with van der Waals surface area (Å²) >= 11 is 0. The van der Waals surface area contributed by atoms with E-state index in [0.717, 1.165) is 0 Å². The van der Waals surface area contributed by atoms with Crippen LogP contribution >= 0.6 is 0 Å². The third kappa shape index (κ3) is 4.64. The van der Waals surface area contributed by atoms with Crippen LogP contribution in [0.5, 0.6) is 0 Å². The molecular formula is C54H34. The largest absolute Gasteiger partial charge is 0.0622 e. The Morgan fingerprint density at radius 1 is 0.204 bits per heavy atom. The lowest BCUT2D eigenvalue weighted by Gasteiger charge is -2.23. The summed E-state index contributed by atoms with van der Waals surface area (Å²) in [6, 6.07) is 76.0. The summed E-state index contributed by atoms with van der Waals surface area (Å²) in [7, 11) is 0. The fourth-order valence-electron chi connectivity index (χ4n) is 9.11. The first-order valence-corrected chi connectivity index (χ1v) is 18.8. The van der Waals surface area contributed by atoms with Crippen LogP contribution < -0.4 is 0 Å². The van der Waals surface area contributed by atoms with E-state index in [1.807, 2.05) is 0 Å². The van der Waals surface area contributed by atoms with Gasteiger partial charge in [-0.3, -0.25) is 0 Å². The van der Waals surface area contributed by atoms with Crippen molar-refractivity contribution in [2.45, 2.75) is 0 Å². The average Bonchev–Trinajstić information content (AvgIpc) is 3.58. The molecule has 0 unspecified atom stereocenters. The molecule has 0 saturated heterocycles. The highest BCUT2D eigenvalue weighted by molar-refractivity contribution is 6.29. The van der Waals surface area contributed by atoms with E-state index in [-0.39, 0.29) is 0 Å². The van der Waals surface area contributed by atoms with Crippen molar-refractivity contribution in [3.63, 3.8) is 0 Å². The second-order valence-corrected chi connectivity index (χ2v) is 14.3. The van der Waals surface area contributed by atoms with Crippen LogP contribution in [0.25, 0.3) is 110 Å². The maximum Gasteiger partial charge on any atom is -0.000718 e. The molecule has 0 heteroatoms. The van der Waals surface area contributed by atoms with Crippen LogP contribution in [0, 0.1) is 0 Å². The maximum atomic E-state index is 2.40. The Morgan fingerprint density at radius 2 is 0.648 bits per heavy atom. The molecule has 11 rings (SSSR count). The van der Waals surface area contributed by atoms with Crippen molar-refractivity contribution in [1.29, 1.82) is 0 Å². The third-order valence-corrected chi connectivity index (χ3v) is 11.4. The normalized spacial score (nSPS) is 11.7. The highest BCUT2D eigenvalue weighted by atomic mass is 14.3. The highest BCUT2D eigenvalue weighted by Gasteiger charge is 2.32. The van der Waals surface area contributed by atoms with E-state index in [0.29, 0.717) is 0 Å². The molecule has 0 amide bonds. The number of fused-ring (bicyclic) bond motifs is 5. The van der Waals surface area contributed by atoms with Crippen LogP contribution in [0.4, 0.5) is 0 Å². The number of benzene rings is 10. The molecule has 0 aliphatic heterocycles. The van der Waals surface area contributed by atoms with Crippen LogP contribution in [-0.4, -0.2) is 0 Å². The maximum absolute atomic E-state index is 2.40. The zero-order valence-corrected chi connectivity index (χ0v) is 29.6. The number of hydrogen-bond donors (Lipinski definition) is 0. The monoisotopic (exact) mass is 682 g/mol. The Labute approximate surface area is 315 Å². The lowest BCUT2D eigenvalue weighted by atomic mass is 9.79. The van der Waals surface area contributed by atoms with E-state index in [2.05, 4.69) is 206 Å². The predicted molar refractivity (Wildman–Crippen MR) is 231 cm³/mol. The minimum atomic E-state index is 1.22. The molecule has 0 atom stereocenters. The first-order valence-electron chi connectivity index (χ1n) is 18.8. The highest BCUT2D eigenvalue weighted by Crippen LogP contribution is 2.60. The summed E-state index contributed by atoms with van der Waals surface area (Å²) in [5.74, 6) is 0. The van der Waals surface area contributed by atoms with Gasteiger partial charge in [0.25, 0.3) is 0 Å². The first-order chi connectivity index (χ1) is 26.8. The molecule has 10 aromatic carbocycles. The van der Waals surface area contributed by atoms with Crippen LogP contribution in [0.2, 0.25) is 0 Å². The Bertz CT molecular complexity index is 2940. The van der Waals surface area contributed by atoms with Gasteiger partial charge in [0.2, 0.25) is 0 Å². The second kappa shape index (κ2) is 12.3. The zero-order valence-electron chi connectivity index (χ0n) is 29.6. The Balaban J connectivity index is 1.30. The van der Waals surface area contributed by atoms with Crippen LogP contribution in [0.1, 0.15) is 0 Å². The molecule has 0 radical (unpaired) electrons. The van der Waals surface area contributed by atoms with E-state index in [1.54, 1.807) is 0 Å². The predicted octanol–water partition coefficient (Wildman–Crippen LogP) is 15.1. The van der Waals surface area contributed by atoms with Gasteiger partial charge >= 0.3 is 0 Å². The van der Waals surface area contributed by atoms with Gasteiger partial charge in [0, 0.05) is 0 Å². The number of rotatable bonds is 5. The Morgan fingerprint density at radius 3 is 1.26 bits per heavy atom. The van der Waals surface area contributed by atoms with Gasteiger partial charge in [0.05, 0.1) is 0 Å². The van der Waals surface area contributed by atoms with E-state index in [4.69, 9.17) is 0 Å². The molecule has 10 aromatic rings. The van der Waals surface area contributed by atoms with Crippen molar-refractivity contribution in [3.8, 4) is 77.9 Å². The average molecular weight is 683 g/mol. The molecule has 54 heavy (non-hydrogen) atoms. The van der Waals surface area contributed by atoms with Gasteiger partial charge in [-0.15, -0.1) is 0 Å². The van der Waals surface area contributed by atoms with Crippen molar-refractivity contribution >= 4 is 32.3 Å². The standard InChI is InChI=1S/C54H34/c1-3-17-36(18-4-1)40-22-9-11-24-44(40)51-46-26-13-14-27-47(46)52(45-25-12-10-23-41(45)37-19-5-2-6-20-37)54-49-33-32-42(43-28-15-29-48(50(43)49)53(51)54)39-31-30-35-16-7-8-21-38(35)34-39/h1-34H. The fraction of sp³-hybridized carbons (Fsp3) is 0. The van der Waals surface area contributed by atoms with Gasteiger partial charge in [-0.25, -0.2) is 0 Å². The third-order valence-electron chi connectivity index (χ3n) is 11.4. The van der Waals surface area contributed by atoms with Gasteiger partial charge < -0.3 is 0 Å². The van der Waals surface area contributed by atoms with Crippen LogP contribution in [0.3, 0.4) is 0 Å². The van der Waals surface area contributed by atoms with E-state index >= 15 is 0 Å². The summed E-state index contributed by atoms with van der Waals surface area (Å²) in [6.07, 6.45) is 0.